The van der Waals surface area contributed by atoms with E-state index in [-0.39, 0.29) is 0 Å². The molecule has 2 heterocycles. The smallest absolute Gasteiger partial charge is 0.132 e. The summed E-state index contributed by atoms with van der Waals surface area (Å²) >= 11 is 0. The molecule has 0 unspecified atom stereocenters. The van der Waals surface area contributed by atoms with E-state index >= 15 is 0 Å². The summed E-state index contributed by atoms with van der Waals surface area (Å²) in [7, 11) is 0. The number of aromatic nitrogens is 2. The van der Waals surface area contributed by atoms with Crippen molar-refractivity contribution in [1.29, 1.82) is 0 Å². The molecule has 0 saturated heterocycles. The Balaban J connectivity index is 2.19. The predicted molar refractivity (Wildman–Crippen MR) is 85.0 cm³/mol. The van der Waals surface area contributed by atoms with Crippen LogP contribution in [0.15, 0.2) is 42.6 Å². The van der Waals surface area contributed by atoms with Crippen LogP contribution in [0, 0.1) is 0 Å². The number of rotatable bonds is 3. The van der Waals surface area contributed by atoms with Crippen molar-refractivity contribution in [1.82, 2.24) is 9.97 Å². The summed E-state index contributed by atoms with van der Waals surface area (Å²) in [6.07, 6.45) is 1.70. The molecule has 106 valence electrons. The molecule has 3 aromatic rings. The molecule has 0 fully saturated rings. The summed E-state index contributed by atoms with van der Waals surface area (Å²) in [6, 6.07) is 11.3. The average Bonchev–Trinajstić information content (AvgIpc) is 2.47. The molecule has 4 N–H and O–H groups in total. The molecule has 3 rings (SSSR count). The van der Waals surface area contributed by atoms with E-state index in [2.05, 4.69) is 9.97 Å². The minimum Gasteiger partial charge on any atom is -0.493 e. The number of nitrogen functional groups attached to an aromatic ring is 2. The number of nitrogens with zero attached hydrogens (tertiary/aromatic N) is 2. The zero-order valence-electron chi connectivity index (χ0n) is 11.7. The van der Waals surface area contributed by atoms with Gasteiger partial charge in [-0.1, -0.05) is 12.1 Å². The molecular formula is C16H16N4O. The van der Waals surface area contributed by atoms with Gasteiger partial charge in [0.2, 0.25) is 0 Å². The highest BCUT2D eigenvalue weighted by molar-refractivity contribution is 5.89. The molecule has 5 heteroatoms. The lowest BCUT2D eigenvalue weighted by molar-refractivity contribution is 0.344. The minimum absolute atomic E-state index is 0.421. The number of ether oxygens (including phenoxy) is 1. The molecule has 0 bridgehead atoms. The molecule has 5 nitrogen and oxygen atoms in total. The number of fused-ring (bicyclic) bond motifs is 1. The highest BCUT2D eigenvalue weighted by atomic mass is 16.5. The van der Waals surface area contributed by atoms with Crippen LogP contribution in [0.2, 0.25) is 0 Å². The van der Waals surface area contributed by atoms with Crippen LogP contribution in [-0.2, 0) is 0 Å². The van der Waals surface area contributed by atoms with E-state index in [1.54, 1.807) is 12.3 Å². The predicted octanol–water partition coefficient (Wildman–Crippen LogP) is 2.86. The standard InChI is InChI=1S/C16H16N4O/c1-2-21-15-8-16(18)20-14-9-19-13(7-12(14)15)10-4-3-5-11(17)6-10/h3-9H,2,17H2,1H3,(H2,18,20). The van der Waals surface area contributed by atoms with Crippen molar-refractivity contribution in [2.45, 2.75) is 6.92 Å². The largest absolute Gasteiger partial charge is 0.493 e. The van der Waals surface area contributed by atoms with Crippen LogP contribution in [0.1, 0.15) is 6.92 Å². The van der Waals surface area contributed by atoms with E-state index in [4.69, 9.17) is 16.2 Å². The third-order valence-corrected chi connectivity index (χ3v) is 3.16. The molecule has 21 heavy (non-hydrogen) atoms. The Bertz CT molecular complexity index is 801. The van der Waals surface area contributed by atoms with Crippen molar-refractivity contribution in [2.24, 2.45) is 0 Å². The summed E-state index contributed by atoms with van der Waals surface area (Å²) in [4.78, 5) is 8.71. The number of benzene rings is 1. The maximum Gasteiger partial charge on any atom is 0.132 e. The lowest BCUT2D eigenvalue weighted by Gasteiger charge is -2.10. The van der Waals surface area contributed by atoms with Gasteiger partial charge in [0.1, 0.15) is 11.6 Å². The Morgan fingerprint density at radius 1 is 1.14 bits per heavy atom. The van der Waals surface area contributed by atoms with Crippen LogP contribution in [-0.4, -0.2) is 16.6 Å². The lowest BCUT2D eigenvalue weighted by Crippen LogP contribution is -1.98. The summed E-state index contributed by atoms with van der Waals surface area (Å²) in [6.45, 7) is 2.50. The highest BCUT2D eigenvalue weighted by Crippen LogP contribution is 2.30. The summed E-state index contributed by atoms with van der Waals surface area (Å²) in [5.41, 5.74) is 14.8. The zero-order chi connectivity index (χ0) is 14.8. The summed E-state index contributed by atoms with van der Waals surface area (Å²) < 4.78 is 5.64. The van der Waals surface area contributed by atoms with E-state index in [0.29, 0.717) is 29.4 Å². The number of nitrogens with two attached hydrogens (primary N) is 2. The van der Waals surface area contributed by atoms with Crippen LogP contribution in [0.4, 0.5) is 11.5 Å². The minimum atomic E-state index is 0.421. The van der Waals surface area contributed by atoms with Crippen LogP contribution < -0.4 is 16.2 Å². The third-order valence-electron chi connectivity index (χ3n) is 3.16. The Kier molecular flexibility index (Phi) is 3.31. The monoisotopic (exact) mass is 280 g/mol. The van der Waals surface area contributed by atoms with Crippen LogP contribution in [0.25, 0.3) is 22.2 Å². The van der Waals surface area contributed by atoms with Gasteiger partial charge in [0, 0.05) is 22.7 Å². The van der Waals surface area contributed by atoms with Crippen molar-refractivity contribution in [3.05, 3.63) is 42.6 Å². The second kappa shape index (κ2) is 5.28. The summed E-state index contributed by atoms with van der Waals surface area (Å²) in [5, 5.41) is 0.887. The Hall–Kier alpha value is -2.82. The molecule has 0 spiro atoms. The first-order chi connectivity index (χ1) is 10.2. The molecule has 2 aromatic heterocycles. The molecule has 0 saturated carbocycles. The van der Waals surface area contributed by atoms with Gasteiger partial charge >= 0.3 is 0 Å². The SMILES string of the molecule is CCOc1cc(N)nc2cnc(-c3cccc(N)c3)cc12. The fourth-order valence-corrected chi connectivity index (χ4v) is 2.25. The van der Waals surface area contributed by atoms with Gasteiger partial charge in [0.05, 0.1) is 24.0 Å². The first-order valence-corrected chi connectivity index (χ1v) is 6.72. The topological polar surface area (TPSA) is 87.0 Å². The number of hydrogen-bond acceptors (Lipinski definition) is 5. The quantitative estimate of drug-likeness (QED) is 0.720. The normalized spacial score (nSPS) is 10.7. The Morgan fingerprint density at radius 3 is 2.76 bits per heavy atom. The Morgan fingerprint density at radius 2 is 2.00 bits per heavy atom. The van der Waals surface area contributed by atoms with Crippen molar-refractivity contribution in [2.75, 3.05) is 18.1 Å². The molecular weight excluding hydrogens is 264 g/mol. The second-order valence-electron chi connectivity index (χ2n) is 4.69. The van der Waals surface area contributed by atoms with Gasteiger partial charge < -0.3 is 16.2 Å². The van der Waals surface area contributed by atoms with Gasteiger partial charge in [-0.25, -0.2) is 4.98 Å². The fourth-order valence-electron chi connectivity index (χ4n) is 2.25. The van der Waals surface area contributed by atoms with E-state index in [1.807, 2.05) is 37.3 Å². The summed E-state index contributed by atoms with van der Waals surface area (Å²) in [5.74, 6) is 1.14. The maximum absolute atomic E-state index is 5.82. The number of hydrogen-bond donors (Lipinski definition) is 2. The second-order valence-corrected chi connectivity index (χ2v) is 4.69. The Labute approximate surface area is 122 Å². The van der Waals surface area contributed by atoms with Crippen molar-refractivity contribution >= 4 is 22.4 Å². The maximum atomic E-state index is 5.82. The van der Waals surface area contributed by atoms with Gasteiger partial charge in [-0.15, -0.1) is 0 Å². The first-order valence-electron chi connectivity index (χ1n) is 6.72. The van der Waals surface area contributed by atoms with Gasteiger partial charge in [-0.3, -0.25) is 4.98 Å². The third kappa shape index (κ3) is 2.58. The van der Waals surface area contributed by atoms with Gasteiger partial charge in [-0.05, 0) is 25.1 Å². The molecule has 0 aliphatic rings. The van der Waals surface area contributed by atoms with Crippen molar-refractivity contribution in [3.63, 3.8) is 0 Å². The molecule has 0 radical (unpaired) electrons. The molecule has 0 aliphatic heterocycles. The number of anilines is 2. The van der Waals surface area contributed by atoms with Gasteiger partial charge in [-0.2, -0.15) is 0 Å². The van der Waals surface area contributed by atoms with Gasteiger partial charge in [0.25, 0.3) is 0 Å². The van der Waals surface area contributed by atoms with E-state index in [9.17, 15) is 0 Å². The van der Waals surface area contributed by atoms with Crippen molar-refractivity contribution < 1.29 is 4.74 Å². The van der Waals surface area contributed by atoms with E-state index in [0.717, 1.165) is 16.6 Å². The van der Waals surface area contributed by atoms with Crippen LogP contribution in [0.3, 0.4) is 0 Å². The first kappa shape index (κ1) is 13.2. The van der Waals surface area contributed by atoms with Crippen molar-refractivity contribution in [3.8, 4) is 17.0 Å². The molecule has 1 aromatic carbocycles. The molecule has 0 amide bonds. The van der Waals surface area contributed by atoms with Gasteiger partial charge in [0.15, 0.2) is 0 Å². The number of pyridine rings is 2. The van der Waals surface area contributed by atoms with Crippen LogP contribution >= 0.6 is 0 Å². The van der Waals surface area contributed by atoms with E-state index in [1.165, 1.54) is 0 Å². The van der Waals surface area contributed by atoms with Crippen LogP contribution in [0.5, 0.6) is 5.75 Å². The average molecular weight is 280 g/mol. The zero-order valence-corrected chi connectivity index (χ0v) is 11.7. The molecule has 0 atom stereocenters. The highest BCUT2D eigenvalue weighted by Gasteiger charge is 2.09. The van der Waals surface area contributed by atoms with E-state index < -0.39 is 0 Å². The fraction of sp³-hybridized carbons (Fsp3) is 0.125. The molecule has 0 aliphatic carbocycles. The lowest BCUT2D eigenvalue weighted by atomic mass is 10.1.